The molecule has 1 fully saturated rings. The Bertz CT molecular complexity index is 432. The Morgan fingerprint density at radius 1 is 1.79 bits per heavy atom. The van der Waals surface area contributed by atoms with Crippen molar-refractivity contribution >= 4 is 22.4 Å². The highest BCUT2D eigenvalue weighted by molar-refractivity contribution is 7.13. The molecule has 0 aliphatic carbocycles. The van der Waals surface area contributed by atoms with E-state index in [9.17, 15) is 4.79 Å². The summed E-state index contributed by atoms with van der Waals surface area (Å²) in [6, 6.07) is -1.04. The number of nitrogens with zero attached hydrogens (tertiary/aromatic N) is 2. The molecule has 1 saturated heterocycles. The molecule has 0 radical (unpaired) electrons. The highest BCUT2D eigenvalue weighted by Crippen LogP contribution is 2.24. The number of nitrogens with two attached hydrogens (primary N) is 1. The highest BCUT2D eigenvalue weighted by atomic mass is 32.1. The predicted molar refractivity (Wildman–Crippen MR) is 73.5 cm³/mol. The molecule has 2 unspecified atom stereocenters. The molecule has 19 heavy (non-hydrogen) atoms. The van der Waals surface area contributed by atoms with Gasteiger partial charge in [-0.2, -0.15) is 0 Å². The maximum atomic E-state index is 10.8. The zero-order valence-electron chi connectivity index (χ0n) is 10.9. The van der Waals surface area contributed by atoms with Crippen LogP contribution in [-0.4, -0.2) is 42.9 Å². The molecule has 2 atom stereocenters. The average molecular weight is 285 g/mol. The molecule has 1 aromatic rings. The number of anilines is 1. The number of aromatic nitrogens is 1. The van der Waals surface area contributed by atoms with E-state index in [4.69, 9.17) is 15.6 Å². The van der Waals surface area contributed by atoms with Gasteiger partial charge in [-0.15, -0.1) is 11.3 Å². The van der Waals surface area contributed by atoms with Crippen LogP contribution in [0.5, 0.6) is 0 Å². The molecule has 0 spiro atoms. The Morgan fingerprint density at radius 3 is 3.21 bits per heavy atom. The molecule has 3 N–H and O–H groups in total. The van der Waals surface area contributed by atoms with Gasteiger partial charge in [-0.05, 0) is 18.8 Å². The molecule has 2 heterocycles. The molecule has 1 aliphatic heterocycles. The zero-order chi connectivity index (χ0) is 13.8. The molecule has 6 nitrogen and oxygen atoms in total. The van der Waals surface area contributed by atoms with Gasteiger partial charge in [0.2, 0.25) is 0 Å². The minimum atomic E-state index is -1.06. The van der Waals surface area contributed by atoms with Gasteiger partial charge in [0.1, 0.15) is 6.04 Å². The lowest BCUT2D eigenvalue weighted by molar-refractivity contribution is -0.138. The van der Waals surface area contributed by atoms with E-state index in [0.29, 0.717) is 11.6 Å². The van der Waals surface area contributed by atoms with Crippen molar-refractivity contribution in [3.05, 3.63) is 11.1 Å². The highest BCUT2D eigenvalue weighted by Gasteiger charge is 2.21. The average Bonchev–Trinajstić information content (AvgIpc) is 2.88. The molecule has 0 aromatic carbocycles. The fourth-order valence-electron chi connectivity index (χ4n) is 2.14. The summed E-state index contributed by atoms with van der Waals surface area (Å²) in [5.41, 5.74) is 5.96. The van der Waals surface area contributed by atoms with E-state index < -0.39 is 12.0 Å². The summed E-state index contributed by atoms with van der Waals surface area (Å²) >= 11 is 1.42. The van der Waals surface area contributed by atoms with Gasteiger partial charge >= 0.3 is 5.97 Å². The monoisotopic (exact) mass is 285 g/mol. The second-order valence-electron chi connectivity index (χ2n) is 4.83. The summed E-state index contributed by atoms with van der Waals surface area (Å²) < 4.78 is 5.45. The number of carboxylic acid groups (broad SMARTS) is 1. The van der Waals surface area contributed by atoms with Gasteiger partial charge < -0.3 is 20.5 Å². The number of carbonyl (C=O) groups is 1. The Morgan fingerprint density at radius 2 is 2.58 bits per heavy atom. The number of carboxylic acids is 1. The van der Waals surface area contributed by atoms with Gasteiger partial charge in [-0.25, -0.2) is 4.98 Å². The number of hydrogen-bond acceptors (Lipinski definition) is 6. The van der Waals surface area contributed by atoms with Crippen molar-refractivity contribution in [1.29, 1.82) is 0 Å². The summed E-state index contributed by atoms with van der Waals surface area (Å²) in [6.07, 6.45) is 2.27. The first-order chi connectivity index (χ1) is 9.08. The van der Waals surface area contributed by atoms with Crippen LogP contribution >= 0.6 is 11.3 Å². The molecule has 106 valence electrons. The Balaban J connectivity index is 1.95. The van der Waals surface area contributed by atoms with E-state index in [0.717, 1.165) is 37.7 Å². The van der Waals surface area contributed by atoms with Crippen molar-refractivity contribution in [3.63, 3.8) is 0 Å². The lowest BCUT2D eigenvalue weighted by atomic mass is 10.0. The van der Waals surface area contributed by atoms with E-state index in [2.05, 4.69) is 4.98 Å². The van der Waals surface area contributed by atoms with Crippen LogP contribution in [0.2, 0.25) is 0 Å². The van der Waals surface area contributed by atoms with E-state index in [1.54, 1.807) is 5.38 Å². The third-order valence-corrected chi connectivity index (χ3v) is 4.18. The Kier molecular flexibility index (Phi) is 4.73. The number of hydrogen-bond donors (Lipinski definition) is 2. The van der Waals surface area contributed by atoms with Crippen molar-refractivity contribution in [3.8, 4) is 0 Å². The van der Waals surface area contributed by atoms with Gasteiger partial charge in [0.05, 0.1) is 12.3 Å². The predicted octanol–water partition coefficient (Wildman–Crippen LogP) is 1.09. The third kappa shape index (κ3) is 3.65. The number of rotatable bonds is 5. The van der Waals surface area contributed by atoms with Crippen LogP contribution in [0.25, 0.3) is 0 Å². The van der Waals surface area contributed by atoms with Crippen LogP contribution in [-0.2, 0) is 9.53 Å². The molecule has 0 amide bonds. The number of thiazole rings is 1. The van der Waals surface area contributed by atoms with Crippen molar-refractivity contribution in [2.75, 3.05) is 31.7 Å². The normalized spacial score (nSPS) is 21.1. The number of aliphatic carboxylic acids is 1. The smallest absolute Gasteiger partial charge is 0.326 e. The largest absolute Gasteiger partial charge is 0.480 e. The maximum Gasteiger partial charge on any atom is 0.326 e. The maximum absolute atomic E-state index is 10.8. The van der Waals surface area contributed by atoms with Crippen molar-refractivity contribution in [2.45, 2.75) is 18.9 Å². The summed E-state index contributed by atoms with van der Waals surface area (Å²) in [4.78, 5) is 17.1. The van der Waals surface area contributed by atoms with Crippen LogP contribution < -0.4 is 10.6 Å². The number of ether oxygens (including phenoxy) is 1. The Labute approximate surface area is 116 Å². The van der Waals surface area contributed by atoms with Crippen LogP contribution in [0.15, 0.2) is 5.38 Å². The van der Waals surface area contributed by atoms with Gasteiger partial charge in [-0.3, -0.25) is 4.79 Å². The van der Waals surface area contributed by atoms with Gasteiger partial charge in [0.15, 0.2) is 5.13 Å². The van der Waals surface area contributed by atoms with Crippen LogP contribution in [0.3, 0.4) is 0 Å². The van der Waals surface area contributed by atoms with Gasteiger partial charge in [-0.1, -0.05) is 0 Å². The summed E-state index contributed by atoms with van der Waals surface area (Å²) in [7, 11) is 1.96. The second kappa shape index (κ2) is 6.31. The zero-order valence-corrected chi connectivity index (χ0v) is 11.7. The van der Waals surface area contributed by atoms with Crippen molar-refractivity contribution in [2.24, 2.45) is 11.7 Å². The summed E-state index contributed by atoms with van der Waals surface area (Å²) in [5.74, 6) is -0.542. The van der Waals surface area contributed by atoms with Crippen LogP contribution in [0.1, 0.15) is 24.6 Å². The molecule has 7 heteroatoms. The van der Waals surface area contributed by atoms with Crippen LogP contribution in [0, 0.1) is 5.92 Å². The molecule has 0 saturated carbocycles. The van der Waals surface area contributed by atoms with E-state index >= 15 is 0 Å². The van der Waals surface area contributed by atoms with E-state index in [1.165, 1.54) is 11.3 Å². The molecular weight excluding hydrogens is 266 g/mol. The first kappa shape index (κ1) is 14.2. The second-order valence-corrected chi connectivity index (χ2v) is 5.67. The fourth-order valence-corrected chi connectivity index (χ4v) is 2.98. The molecular formula is C12H19N3O3S. The minimum absolute atomic E-state index is 0.416. The fraction of sp³-hybridized carbons (Fsp3) is 0.667. The summed E-state index contributed by atoms with van der Waals surface area (Å²) in [5, 5.41) is 11.4. The standard InChI is InChI=1S/C12H19N3O3S/c1-15(5-8-3-2-4-18-6-8)12-14-9(7-19-12)10(13)11(16)17/h7-8,10H,2-6,13H2,1H3,(H,16,17). The van der Waals surface area contributed by atoms with Gasteiger partial charge in [0, 0.05) is 25.6 Å². The lowest BCUT2D eigenvalue weighted by Crippen LogP contribution is -2.31. The molecule has 2 rings (SSSR count). The minimum Gasteiger partial charge on any atom is -0.480 e. The van der Waals surface area contributed by atoms with E-state index in [-0.39, 0.29) is 0 Å². The SMILES string of the molecule is CN(CC1CCCOC1)c1nc(C(N)C(=O)O)cs1. The lowest BCUT2D eigenvalue weighted by Gasteiger charge is -2.26. The molecule has 1 aliphatic rings. The topological polar surface area (TPSA) is 88.7 Å². The van der Waals surface area contributed by atoms with Crippen molar-refractivity contribution in [1.82, 2.24) is 4.98 Å². The quantitative estimate of drug-likeness (QED) is 0.842. The summed E-state index contributed by atoms with van der Waals surface area (Å²) in [6.45, 7) is 2.52. The van der Waals surface area contributed by atoms with Gasteiger partial charge in [0.25, 0.3) is 0 Å². The first-order valence-electron chi connectivity index (χ1n) is 6.30. The Hall–Kier alpha value is -1.18. The molecule has 0 bridgehead atoms. The third-order valence-electron chi connectivity index (χ3n) is 3.21. The molecule has 1 aromatic heterocycles. The van der Waals surface area contributed by atoms with Crippen LogP contribution in [0.4, 0.5) is 5.13 Å². The van der Waals surface area contributed by atoms with Crippen molar-refractivity contribution < 1.29 is 14.6 Å². The van der Waals surface area contributed by atoms with E-state index in [1.807, 2.05) is 11.9 Å². The first-order valence-corrected chi connectivity index (χ1v) is 7.18.